The zero-order valence-corrected chi connectivity index (χ0v) is 22.6. The van der Waals surface area contributed by atoms with Gasteiger partial charge in [0.2, 0.25) is 0 Å². The second kappa shape index (κ2) is 12.4. The summed E-state index contributed by atoms with van der Waals surface area (Å²) in [6.07, 6.45) is 2.03. The van der Waals surface area contributed by atoms with Gasteiger partial charge in [-0.1, -0.05) is 38.1 Å². The lowest BCUT2D eigenvalue weighted by molar-refractivity contribution is -0.158. The molecule has 2 atom stereocenters. The highest BCUT2D eigenvalue weighted by Crippen LogP contribution is 2.36. The van der Waals surface area contributed by atoms with E-state index in [4.69, 9.17) is 9.47 Å². The molecule has 5 nitrogen and oxygen atoms in total. The minimum absolute atomic E-state index is 0. The normalized spacial score (nSPS) is 17.5. The zero-order valence-electron chi connectivity index (χ0n) is 21.8. The summed E-state index contributed by atoms with van der Waals surface area (Å²) in [5.41, 5.74) is 2.68. The Balaban J connectivity index is 0.00000199. The molecular formula is C28H41NO4S. The van der Waals surface area contributed by atoms with E-state index in [-0.39, 0.29) is 25.0 Å². The van der Waals surface area contributed by atoms with Crippen molar-refractivity contribution in [3.63, 3.8) is 0 Å². The molecule has 1 saturated heterocycles. The van der Waals surface area contributed by atoms with Crippen LogP contribution < -0.4 is 10.1 Å². The van der Waals surface area contributed by atoms with Crippen LogP contribution in [0.3, 0.4) is 0 Å². The molecule has 3 rings (SSSR count). The van der Waals surface area contributed by atoms with Crippen molar-refractivity contribution >= 4 is 23.5 Å². The summed E-state index contributed by atoms with van der Waals surface area (Å²) in [7, 11) is 0. The Morgan fingerprint density at radius 2 is 1.68 bits per heavy atom. The molecule has 1 heterocycles. The summed E-state index contributed by atoms with van der Waals surface area (Å²) in [4.78, 5) is 26.7. The summed E-state index contributed by atoms with van der Waals surface area (Å²) in [5.74, 6) is 0.449. The maximum atomic E-state index is 13.3. The van der Waals surface area contributed by atoms with Crippen LogP contribution in [-0.2, 0) is 9.53 Å². The van der Waals surface area contributed by atoms with E-state index in [1.165, 1.54) is 0 Å². The van der Waals surface area contributed by atoms with Crippen LogP contribution in [0, 0.1) is 19.8 Å². The van der Waals surface area contributed by atoms with Crippen molar-refractivity contribution in [1.29, 1.82) is 0 Å². The Morgan fingerprint density at radius 1 is 1.09 bits per heavy atom. The highest BCUT2D eigenvalue weighted by Gasteiger charge is 2.36. The van der Waals surface area contributed by atoms with E-state index >= 15 is 0 Å². The number of benzene rings is 2. The van der Waals surface area contributed by atoms with E-state index in [2.05, 4.69) is 17.4 Å². The van der Waals surface area contributed by atoms with Crippen molar-refractivity contribution in [1.82, 2.24) is 5.32 Å². The van der Waals surface area contributed by atoms with E-state index in [1.807, 2.05) is 58.2 Å². The van der Waals surface area contributed by atoms with Gasteiger partial charge in [0, 0.05) is 36.8 Å². The monoisotopic (exact) mass is 487 g/mol. The Hall–Kier alpha value is -2.31. The summed E-state index contributed by atoms with van der Waals surface area (Å²) >= 11 is 1.67. The molecule has 188 valence electrons. The van der Waals surface area contributed by atoms with Gasteiger partial charge in [-0.05, 0) is 69.7 Å². The molecule has 0 amide bonds. The van der Waals surface area contributed by atoms with Gasteiger partial charge in [0.15, 0.2) is 11.4 Å². The summed E-state index contributed by atoms with van der Waals surface area (Å²) in [5, 5.41) is 3.40. The summed E-state index contributed by atoms with van der Waals surface area (Å²) < 4.78 is 11.3. The van der Waals surface area contributed by atoms with Gasteiger partial charge in [0.05, 0.1) is 6.61 Å². The fourth-order valence-electron chi connectivity index (χ4n) is 4.23. The number of thioether (sulfide) groups is 1. The second-order valence-electron chi connectivity index (χ2n) is 8.78. The molecule has 0 spiro atoms. The fourth-order valence-corrected chi connectivity index (χ4v) is 4.64. The highest BCUT2D eigenvalue weighted by molar-refractivity contribution is 7.98. The third kappa shape index (κ3) is 6.42. The molecule has 0 aliphatic carbocycles. The number of esters is 1. The number of nitrogens with one attached hydrogen (secondary N) is 1. The fraction of sp³-hybridized carbons (Fsp3) is 0.500. The zero-order chi connectivity index (χ0) is 25.5. The number of hydrogen-bond acceptors (Lipinski definition) is 6. The number of carbonyl (C=O) groups excluding carboxylic acids is 2. The third-order valence-electron chi connectivity index (χ3n) is 5.96. The average molecular weight is 488 g/mol. The van der Waals surface area contributed by atoms with Gasteiger partial charge in [-0.2, -0.15) is 0 Å². The van der Waals surface area contributed by atoms with E-state index < -0.39 is 5.60 Å². The number of ether oxygens (including phenoxy) is 2. The third-order valence-corrected chi connectivity index (χ3v) is 6.70. The first-order valence-corrected chi connectivity index (χ1v) is 13.3. The van der Waals surface area contributed by atoms with Crippen molar-refractivity contribution in [3.8, 4) is 5.75 Å². The molecule has 1 aliphatic rings. The lowest BCUT2D eigenvalue weighted by atomic mass is 9.82. The quantitative estimate of drug-likeness (QED) is 0.272. The molecule has 2 aromatic carbocycles. The number of hydrogen-bond donors (Lipinski definition) is 1. The topological polar surface area (TPSA) is 64.6 Å². The van der Waals surface area contributed by atoms with Crippen LogP contribution in [0.15, 0.2) is 41.3 Å². The molecule has 0 bridgehead atoms. The van der Waals surface area contributed by atoms with E-state index in [9.17, 15) is 9.59 Å². The van der Waals surface area contributed by atoms with Gasteiger partial charge in [0.25, 0.3) is 0 Å². The molecule has 0 aromatic heterocycles. The van der Waals surface area contributed by atoms with Crippen molar-refractivity contribution in [2.24, 2.45) is 5.92 Å². The molecule has 34 heavy (non-hydrogen) atoms. The first-order valence-electron chi connectivity index (χ1n) is 12.0. The predicted molar refractivity (Wildman–Crippen MR) is 142 cm³/mol. The molecule has 0 radical (unpaired) electrons. The van der Waals surface area contributed by atoms with Crippen molar-refractivity contribution in [2.75, 3.05) is 26.0 Å². The lowest BCUT2D eigenvalue weighted by Crippen LogP contribution is -2.40. The molecule has 6 heteroatoms. The van der Waals surface area contributed by atoms with Gasteiger partial charge in [-0.25, -0.2) is 4.79 Å². The highest BCUT2D eigenvalue weighted by atomic mass is 32.2. The molecule has 1 fully saturated rings. The van der Waals surface area contributed by atoms with Crippen molar-refractivity contribution in [2.45, 2.75) is 64.9 Å². The Morgan fingerprint density at radius 3 is 2.21 bits per heavy atom. The van der Waals surface area contributed by atoms with E-state index in [1.54, 1.807) is 32.5 Å². The SMILES string of the molecule is CC.CCOC(=O)C(C)(C)Oc1c(C)cc(C2CNC[C@@H]2C(=O)c2ccc(SC)cc2)cc1C.[HH]. The van der Waals surface area contributed by atoms with Crippen LogP contribution in [0.5, 0.6) is 5.75 Å². The minimum Gasteiger partial charge on any atom is -0.476 e. The van der Waals surface area contributed by atoms with Crippen LogP contribution in [0.25, 0.3) is 0 Å². The Bertz CT molecular complexity index is 968. The van der Waals surface area contributed by atoms with Gasteiger partial charge < -0.3 is 14.8 Å². The van der Waals surface area contributed by atoms with Crippen LogP contribution in [0.2, 0.25) is 0 Å². The molecule has 0 saturated carbocycles. The minimum atomic E-state index is -1.08. The first-order chi connectivity index (χ1) is 16.2. The number of carbonyl (C=O) groups is 2. The second-order valence-corrected chi connectivity index (χ2v) is 9.66. The average Bonchev–Trinajstić information content (AvgIpc) is 3.32. The summed E-state index contributed by atoms with van der Waals surface area (Å²) in [6, 6.07) is 12.0. The van der Waals surface area contributed by atoms with Crippen LogP contribution in [0.4, 0.5) is 0 Å². The van der Waals surface area contributed by atoms with Gasteiger partial charge in [0.1, 0.15) is 5.75 Å². The molecule has 2 aromatic rings. The largest absolute Gasteiger partial charge is 0.476 e. The number of Topliss-reactive ketones (excluding diaryl/α,β-unsaturated/α-hetero) is 1. The van der Waals surface area contributed by atoms with Crippen LogP contribution in [-0.4, -0.2) is 43.3 Å². The standard InChI is InChI=1S/C26H33NO4S.C2H6.H2/c1-7-30-25(29)26(4,5)31-24-16(2)12-19(13-17(24)3)21-14-27-15-22(21)23(28)18-8-10-20(32-6)11-9-18;1-2;/h8-13,21-22,27H,7,14-15H2,1-6H3;1-2H3;1H/t21?,22-;;/m0../s1. The van der Waals surface area contributed by atoms with Gasteiger partial charge in [-0.15, -0.1) is 11.8 Å². The first kappa shape index (κ1) is 27.9. The maximum Gasteiger partial charge on any atom is 0.349 e. The van der Waals surface area contributed by atoms with Crippen LogP contribution >= 0.6 is 11.8 Å². The van der Waals surface area contributed by atoms with Crippen molar-refractivity contribution < 1.29 is 20.5 Å². The lowest BCUT2D eigenvalue weighted by Gasteiger charge is -2.27. The van der Waals surface area contributed by atoms with Crippen LogP contribution in [0.1, 0.15) is 69.0 Å². The maximum absolute atomic E-state index is 13.3. The van der Waals surface area contributed by atoms with E-state index in [0.29, 0.717) is 18.9 Å². The van der Waals surface area contributed by atoms with Crippen molar-refractivity contribution in [3.05, 3.63) is 58.7 Å². The number of rotatable bonds is 8. The van der Waals surface area contributed by atoms with Gasteiger partial charge >= 0.3 is 5.97 Å². The molecule has 1 aliphatic heterocycles. The molecule has 1 N–H and O–H groups in total. The smallest absolute Gasteiger partial charge is 0.349 e. The predicted octanol–water partition coefficient (Wildman–Crippen LogP) is 6.20. The summed E-state index contributed by atoms with van der Waals surface area (Å²) in [6.45, 7) is 14.9. The van der Waals surface area contributed by atoms with Gasteiger partial charge in [-0.3, -0.25) is 4.79 Å². The molecule has 1 unspecified atom stereocenters. The molecular weight excluding hydrogens is 446 g/mol. The Labute approximate surface area is 210 Å². The number of aryl methyl sites for hydroxylation is 2. The van der Waals surface area contributed by atoms with E-state index in [0.717, 1.165) is 33.7 Å². The number of ketones is 1. The Kier molecular flexibility index (Phi) is 10.2.